The summed E-state index contributed by atoms with van der Waals surface area (Å²) < 4.78 is 0. The van der Waals surface area contributed by atoms with Crippen LogP contribution in [0.15, 0.2) is 18.3 Å². The molecule has 4 N–H and O–H groups in total. The number of carbonyl (C=O) groups is 2. The van der Waals surface area contributed by atoms with Crippen LogP contribution in [0.2, 0.25) is 0 Å². The number of hydrogen-bond acceptors (Lipinski definition) is 5. The molecule has 0 radical (unpaired) electrons. The van der Waals surface area contributed by atoms with Crippen molar-refractivity contribution in [3.05, 3.63) is 29.5 Å². The van der Waals surface area contributed by atoms with Crippen molar-refractivity contribution in [2.24, 2.45) is 5.92 Å². The number of anilines is 1. The Morgan fingerprint density at radius 3 is 2.66 bits per heavy atom. The number of amides is 1. The second kappa shape index (κ2) is 11.0. The second-order valence-corrected chi connectivity index (χ2v) is 9.13. The molecule has 0 unspecified atom stereocenters. The first-order chi connectivity index (χ1) is 15.4. The normalized spacial score (nSPS) is 19.1. The first-order valence-corrected chi connectivity index (χ1v) is 11.9. The minimum Gasteiger partial charge on any atom is -0.396 e. The van der Waals surface area contributed by atoms with Crippen molar-refractivity contribution in [3.63, 3.8) is 0 Å². The molecule has 0 spiro atoms. The Balaban J connectivity index is 2.19. The fraction of sp³-hybridized carbons (Fsp3) is 0.600. The van der Waals surface area contributed by atoms with Crippen LogP contribution >= 0.6 is 0 Å². The lowest BCUT2D eigenvalue weighted by Gasteiger charge is -2.36. The molecule has 0 fully saturated rings. The summed E-state index contributed by atoms with van der Waals surface area (Å²) in [6.07, 6.45) is 6.22. The van der Waals surface area contributed by atoms with Crippen LogP contribution in [0.5, 0.6) is 0 Å². The third-order valence-electron chi connectivity index (χ3n) is 6.34. The number of aliphatic hydroxyl groups excluding tert-OH is 2. The van der Waals surface area contributed by atoms with E-state index in [2.05, 4.69) is 22.1 Å². The average molecular weight is 444 g/mol. The maximum atomic E-state index is 13.3. The number of H-pyrrole nitrogens is 1. The Labute approximate surface area is 190 Å². The summed E-state index contributed by atoms with van der Waals surface area (Å²) in [5.41, 5.74) is 3.32. The highest BCUT2D eigenvalue weighted by atomic mass is 16.3. The van der Waals surface area contributed by atoms with Gasteiger partial charge in [0.1, 0.15) is 6.04 Å². The number of aliphatic hydroxyl groups is 2. The number of benzene rings is 1. The molecule has 2 atom stereocenters. The second-order valence-electron chi connectivity index (χ2n) is 9.13. The summed E-state index contributed by atoms with van der Waals surface area (Å²) in [5, 5.41) is 23.1. The van der Waals surface area contributed by atoms with Gasteiger partial charge in [-0.3, -0.25) is 9.59 Å². The molecule has 2 heterocycles. The van der Waals surface area contributed by atoms with Crippen LogP contribution < -0.4 is 10.2 Å². The first kappa shape index (κ1) is 24.3. The molecule has 1 aromatic heterocycles. The van der Waals surface area contributed by atoms with Crippen LogP contribution in [0.4, 0.5) is 5.69 Å². The molecule has 0 saturated carbocycles. The lowest BCUT2D eigenvalue weighted by atomic mass is 9.96. The third kappa shape index (κ3) is 4.99. The number of hydrogen-bond donors (Lipinski definition) is 4. The van der Waals surface area contributed by atoms with Gasteiger partial charge in [-0.15, -0.1) is 0 Å². The van der Waals surface area contributed by atoms with Gasteiger partial charge in [-0.25, -0.2) is 0 Å². The van der Waals surface area contributed by atoms with Gasteiger partial charge in [-0.2, -0.15) is 0 Å². The highest BCUT2D eigenvalue weighted by molar-refractivity contribution is 6.11. The monoisotopic (exact) mass is 443 g/mol. The van der Waals surface area contributed by atoms with Gasteiger partial charge in [0, 0.05) is 42.4 Å². The molecule has 1 aliphatic rings. The fourth-order valence-electron chi connectivity index (χ4n) is 4.76. The largest absolute Gasteiger partial charge is 0.396 e. The molecule has 1 aromatic carbocycles. The van der Waals surface area contributed by atoms with Crippen molar-refractivity contribution in [1.29, 1.82) is 0 Å². The third-order valence-corrected chi connectivity index (χ3v) is 6.34. The maximum Gasteiger partial charge on any atom is 0.243 e. The van der Waals surface area contributed by atoms with Gasteiger partial charge in [-0.1, -0.05) is 33.6 Å². The highest BCUT2D eigenvalue weighted by Crippen LogP contribution is 2.36. The summed E-state index contributed by atoms with van der Waals surface area (Å²) in [7, 11) is 0. The Morgan fingerprint density at radius 1 is 1.22 bits per heavy atom. The van der Waals surface area contributed by atoms with Crippen molar-refractivity contribution in [2.75, 3.05) is 24.7 Å². The number of aromatic nitrogens is 1. The standard InChI is InChI=1S/C25H37N3O4/c1-4-5-6-11-28-20-10-9-19(21(31)8-7-12-29)23-22(20)17(14-26-23)13-18(15-30)27-25(32)24(28)16(2)3/h9-10,14,16,18,24,26,29-30H,4-8,11-13,15H2,1-3H3,(H,27,32)/t18-,24-/m0/s1. The summed E-state index contributed by atoms with van der Waals surface area (Å²) in [6, 6.07) is 3.06. The number of ketones is 1. The zero-order chi connectivity index (χ0) is 23.3. The van der Waals surface area contributed by atoms with Gasteiger partial charge in [-0.05, 0) is 42.9 Å². The first-order valence-electron chi connectivity index (χ1n) is 11.9. The molecule has 32 heavy (non-hydrogen) atoms. The van der Waals surface area contributed by atoms with Crippen LogP contribution in [-0.4, -0.2) is 58.7 Å². The van der Waals surface area contributed by atoms with E-state index in [9.17, 15) is 14.7 Å². The number of aromatic amines is 1. The zero-order valence-corrected chi connectivity index (χ0v) is 19.5. The summed E-state index contributed by atoms with van der Waals surface area (Å²) in [6.45, 7) is 6.83. The Kier molecular flexibility index (Phi) is 8.32. The van der Waals surface area contributed by atoms with Crippen molar-refractivity contribution >= 4 is 28.3 Å². The van der Waals surface area contributed by atoms with Gasteiger partial charge in [0.15, 0.2) is 5.78 Å². The lowest BCUT2D eigenvalue weighted by molar-refractivity contribution is -0.124. The van der Waals surface area contributed by atoms with Gasteiger partial charge in [0.2, 0.25) is 5.91 Å². The van der Waals surface area contributed by atoms with E-state index < -0.39 is 0 Å². The molecule has 176 valence electrons. The zero-order valence-electron chi connectivity index (χ0n) is 19.5. The number of unbranched alkanes of at least 4 members (excludes halogenated alkanes) is 2. The molecule has 7 nitrogen and oxygen atoms in total. The van der Waals surface area contributed by atoms with E-state index in [0.29, 0.717) is 18.4 Å². The molecule has 7 heteroatoms. The number of nitrogens with zero attached hydrogens (tertiary/aromatic N) is 1. The van der Waals surface area contributed by atoms with E-state index >= 15 is 0 Å². The van der Waals surface area contributed by atoms with E-state index in [1.807, 2.05) is 32.2 Å². The SMILES string of the molecule is CCCCCN1c2ccc(C(=O)CCCO)c3[nH]cc(c23)C[C@@H](CO)NC(=O)[C@@H]1C(C)C. The van der Waals surface area contributed by atoms with Gasteiger partial charge < -0.3 is 25.4 Å². The Hall–Kier alpha value is -2.38. The van der Waals surface area contributed by atoms with Crippen molar-refractivity contribution < 1.29 is 19.8 Å². The highest BCUT2D eigenvalue weighted by Gasteiger charge is 2.34. The van der Waals surface area contributed by atoms with Crippen LogP contribution in [0.25, 0.3) is 10.9 Å². The minimum atomic E-state index is -0.389. The van der Waals surface area contributed by atoms with Crippen LogP contribution in [0, 0.1) is 5.92 Å². The van der Waals surface area contributed by atoms with Gasteiger partial charge >= 0.3 is 0 Å². The number of nitrogens with one attached hydrogen (secondary N) is 2. The van der Waals surface area contributed by atoms with Crippen LogP contribution in [0.3, 0.4) is 0 Å². The predicted molar refractivity (Wildman–Crippen MR) is 127 cm³/mol. The maximum absolute atomic E-state index is 13.3. The van der Waals surface area contributed by atoms with E-state index in [-0.39, 0.29) is 49.3 Å². The van der Waals surface area contributed by atoms with Crippen molar-refractivity contribution in [3.8, 4) is 0 Å². The van der Waals surface area contributed by atoms with Gasteiger partial charge in [0.05, 0.1) is 18.2 Å². The van der Waals surface area contributed by atoms with Crippen LogP contribution in [0.1, 0.15) is 68.8 Å². The number of carbonyl (C=O) groups excluding carboxylic acids is 2. The fourth-order valence-corrected chi connectivity index (χ4v) is 4.76. The van der Waals surface area contributed by atoms with E-state index in [1.165, 1.54) is 0 Å². The van der Waals surface area contributed by atoms with E-state index in [1.54, 1.807) is 0 Å². The molecule has 2 aromatic rings. The topological polar surface area (TPSA) is 106 Å². The predicted octanol–water partition coefficient (Wildman–Crippen LogP) is 3.18. The van der Waals surface area contributed by atoms with Crippen LogP contribution in [-0.2, 0) is 11.2 Å². The average Bonchev–Trinajstić information content (AvgIpc) is 3.20. The summed E-state index contributed by atoms with van der Waals surface area (Å²) >= 11 is 0. The molecule has 1 aliphatic heterocycles. The molecule has 0 aliphatic carbocycles. The molecule has 3 rings (SSSR count). The van der Waals surface area contributed by atoms with Gasteiger partial charge in [0.25, 0.3) is 0 Å². The van der Waals surface area contributed by atoms with Crippen molar-refractivity contribution in [2.45, 2.75) is 71.4 Å². The Bertz CT molecular complexity index is 937. The smallest absolute Gasteiger partial charge is 0.243 e. The van der Waals surface area contributed by atoms with Crippen molar-refractivity contribution in [1.82, 2.24) is 10.3 Å². The molecular weight excluding hydrogens is 406 g/mol. The lowest BCUT2D eigenvalue weighted by Crippen LogP contribution is -2.53. The van der Waals surface area contributed by atoms with E-state index in [0.717, 1.165) is 48.0 Å². The van der Waals surface area contributed by atoms with E-state index in [4.69, 9.17) is 5.11 Å². The molecule has 0 bridgehead atoms. The number of rotatable bonds is 10. The molecule has 0 saturated heterocycles. The Morgan fingerprint density at radius 2 is 2.00 bits per heavy atom. The number of Topliss-reactive ketones (excluding diaryl/α,β-unsaturated/α-hetero) is 1. The quantitative estimate of drug-likeness (QED) is 0.333. The summed E-state index contributed by atoms with van der Waals surface area (Å²) in [4.78, 5) is 31.7. The molecule has 1 amide bonds. The summed E-state index contributed by atoms with van der Waals surface area (Å²) in [5.74, 6) is -0.0111. The minimum absolute atomic E-state index is 0.00951. The molecular formula is C25H37N3O4.